The molecule has 0 unspecified atom stereocenters. The molecule has 0 aliphatic carbocycles. The molecule has 109 heavy (non-hydrogen) atoms. The van der Waals surface area contributed by atoms with E-state index in [1.807, 2.05) is 120 Å². The molecule has 1 fully saturated rings. The number of aliphatic carboxylic acids is 1. The highest BCUT2D eigenvalue weighted by Crippen LogP contribution is 2.44. The number of fused-ring (bicyclic) bond motifs is 1. The second kappa shape index (κ2) is 38.6. The van der Waals surface area contributed by atoms with E-state index < -0.39 is 147 Å². The third kappa shape index (κ3) is 28.7. The predicted octanol–water partition coefficient (Wildman–Crippen LogP) is 6.70. The van der Waals surface area contributed by atoms with Crippen molar-refractivity contribution in [3.05, 3.63) is 130 Å². The minimum absolute atomic E-state index is 0.000238. The molecule has 0 spiro atoms. The fourth-order valence-corrected chi connectivity index (χ4v) is 14.6. The average molecular weight is 1540 g/mol. The lowest BCUT2D eigenvalue weighted by Gasteiger charge is -2.37. The molecule has 0 saturated carbocycles. The van der Waals surface area contributed by atoms with Crippen LogP contribution in [0.15, 0.2) is 95.9 Å². The molecule has 600 valence electrons. The molecule has 2 aliphatic rings. The van der Waals surface area contributed by atoms with Gasteiger partial charge >= 0.3 is 29.8 Å². The maximum Gasteiger partial charge on any atom is 0.326 e. The van der Waals surface area contributed by atoms with Crippen LogP contribution >= 0.6 is 0 Å². The number of benzene rings is 4. The Bertz CT molecular complexity index is 3800. The smallest absolute Gasteiger partial charge is 0.326 e. The Morgan fingerprint density at radius 3 is 1.28 bits per heavy atom. The number of rotatable bonds is 30. The first-order valence-electron chi connectivity index (χ1n) is 37.3. The third-order valence-corrected chi connectivity index (χ3v) is 19.6. The summed E-state index contributed by atoms with van der Waals surface area (Å²) in [6.07, 6.45) is -1.55. The Morgan fingerprint density at radius 1 is 0.505 bits per heavy atom. The Kier molecular flexibility index (Phi) is 31.4. The SMILES string of the molecule is Cc1c(C)c(S(=O)(=O)NC(=N)NCCC[C@H](NC(=O)CN2CCN(CC(=O)OC(C)(C)C)CCN(CC(=O)OC(C)(C)C)CCN(CC(=O)OC(C)(C)C)CC2)C(=O)N[C@@H](CCC(=O)OC(C)(C)C)C(=O)N[C@@H](CCC(=O)NC(c2ccccc2)(c2ccccc2)c2ccccc2)C(=O)O)c(C)c2c1OC(C)(C)C2. The predicted molar refractivity (Wildman–Crippen MR) is 413 cm³/mol. The number of amides is 4. The molecule has 4 amide bonds. The van der Waals surface area contributed by atoms with Crippen molar-refractivity contribution in [3.63, 3.8) is 0 Å². The fourth-order valence-electron chi connectivity index (χ4n) is 13.0. The molecule has 4 aromatic carbocycles. The number of esters is 4. The first-order valence-corrected chi connectivity index (χ1v) is 38.7. The number of carboxylic acids is 1. The summed E-state index contributed by atoms with van der Waals surface area (Å²) in [7, 11) is -4.38. The zero-order valence-corrected chi connectivity index (χ0v) is 67.5. The van der Waals surface area contributed by atoms with Gasteiger partial charge in [0.1, 0.15) is 57.4 Å². The van der Waals surface area contributed by atoms with Crippen molar-refractivity contribution in [3.8, 4) is 5.75 Å². The summed E-state index contributed by atoms with van der Waals surface area (Å²) < 4.78 is 59.8. The van der Waals surface area contributed by atoms with Gasteiger partial charge in [-0.3, -0.25) is 63.4 Å². The molecule has 4 aromatic rings. The van der Waals surface area contributed by atoms with Gasteiger partial charge in [-0.15, -0.1) is 0 Å². The summed E-state index contributed by atoms with van der Waals surface area (Å²) in [5, 5.41) is 33.5. The van der Waals surface area contributed by atoms with Crippen LogP contribution in [0.1, 0.15) is 174 Å². The number of carbonyl (C=O) groups is 9. The lowest BCUT2D eigenvalue weighted by molar-refractivity contribution is -0.158. The Hall–Kier alpha value is -9.03. The van der Waals surface area contributed by atoms with Gasteiger partial charge in [-0.2, -0.15) is 0 Å². The summed E-state index contributed by atoms with van der Waals surface area (Å²) in [5.74, 6) is -7.05. The van der Waals surface area contributed by atoms with Crippen LogP contribution in [0.2, 0.25) is 0 Å². The first-order chi connectivity index (χ1) is 50.7. The highest BCUT2D eigenvalue weighted by molar-refractivity contribution is 7.90. The van der Waals surface area contributed by atoms with E-state index in [1.165, 1.54) is 0 Å². The number of hydrogen-bond acceptors (Lipinski definition) is 21. The van der Waals surface area contributed by atoms with Crippen molar-refractivity contribution >= 4 is 69.5 Å². The lowest BCUT2D eigenvalue weighted by Crippen LogP contribution is -2.57. The average Bonchev–Trinajstić information content (AvgIpc) is 1.55. The van der Waals surface area contributed by atoms with Gasteiger partial charge in [0.15, 0.2) is 0 Å². The number of nitrogens with zero attached hydrogens (tertiary/aromatic N) is 4. The van der Waals surface area contributed by atoms with Gasteiger partial charge in [0.25, 0.3) is 10.0 Å². The summed E-state index contributed by atoms with van der Waals surface area (Å²) in [6.45, 7) is 30.4. The molecule has 1 saturated heterocycles. The zero-order valence-electron chi connectivity index (χ0n) is 66.7. The second-order valence-electron chi connectivity index (χ2n) is 32.6. The second-order valence-corrected chi connectivity index (χ2v) is 34.2. The molecular weight excluding hydrogens is 1420 g/mol. The van der Waals surface area contributed by atoms with Gasteiger partial charge in [-0.05, 0) is 177 Å². The van der Waals surface area contributed by atoms with Gasteiger partial charge in [0.2, 0.25) is 29.6 Å². The van der Waals surface area contributed by atoms with Gasteiger partial charge in [0, 0.05) is 83.7 Å². The minimum Gasteiger partial charge on any atom is -0.487 e. The van der Waals surface area contributed by atoms with E-state index in [9.17, 15) is 51.9 Å². The summed E-state index contributed by atoms with van der Waals surface area (Å²) >= 11 is 0. The summed E-state index contributed by atoms with van der Waals surface area (Å²) in [4.78, 5) is 134. The fraction of sp³-hybridized carbons (Fsp3) is 0.575. The van der Waals surface area contributed by atoms with Crippen LogP contribution in [-0.4, -0.2) is 224 Å². The van der Waals surface area contributed by atoms with E-state index in [1.54, 1.807) is 109 Å². The lowest BCUT2D eigenvalue weighted by atomic mass is 9.77. The molecule has 0 bridgehead atoms. The molecule has 2 heterocycles. The van der Waals surface area contributed by atoms with Crippen molar-refractivity contribution in [2.45, 2.75) is 219 Å². The third-order valence-electron chi connectivity index (χ3n) is 17.9. The van der Waals surface area contributed by atoms with Crippen LogP contribution in [-0.2, 0) is 84.1 Å². The van der Waals surface area contributed by atoms with E-state index in [4.69, 9.17) is 29.1 Å². The van der Waals surface area contributed by atoms with Crippen molar-refractivity contribution in [2.24, 2.45) is 0 Å². The molecule has 0 radical (unpaired) electrons. The Balaban J connectivity index is 1.31. The van der Waals surface area contributed by atoms with E-state index in [0.29, 0.717) is 45.6 Å². The molecular formula is C80H117N11O17S. The van der Waals surface area contributed by atoms with E-state index >= 15 is 4.79 Å². The topological polar surface area (TPSA) is 363 Å². The Labute approximate surface area is 643 Å². The largest absolute Gasteiger partial charge is 0.487 e. The van der Waals surface area contributed by atoms with Crippen molar-refractivity contribution < 1.29 is 80.4 Å². The van der Waals surface area contributed by atoms with Crippen LogP contribution in [0, 0.1) is 26.2 Å². The summed E-state index contributed by atoms with van der Waals surface area (Å²) in [6, 6.07) is 22.9. The number of nitrogens with one attached hydrogen (secondary N) is 7. The molecule has 6 rings (SSSR count). The number of sulfonamides is 1. The number of hydrogen-bond donors (Lipinski definition) is 8. The summed E-state index contributed by atoms with van der Waals surface area (Å²) in [5.41, 5.74) is -0.801. The van der Waals surface area contributed by atoms with Gasteiger partial charge in [-0.1, -0.05) is 91.0 Å². The van der Waals surface area contributed by atoms with Crippen molar-refractivity contribution in [1.82, 2.24) is 50.9 Å². The quantitative estimate of drug-likeness (QED) is 0.00671. The number of carboxylic acid groups (broad SMARTS) is 1. The van der Waals surface area contributed by atoms with Crippen LogP contribution in [0.4, 0.5) is 0 Å². The molecule has 0 aromatic heterocycles. The van der Waals surface area contributed by atoms with Crippen molar-refractivity contribution in [2.75, 3.05) is 85.1 Å². The van der Waals surface area contributed by atoms with Gasteiger partial charge < -0.3 is 55.4 Å². The van der Waals surface area contributed by atoms with Crippen LogP contribution < -0.4 is 36.0 Å². The van der Waals surface area contributed by atoms with E-state index in [0.717, 1.165) is 5.56 Å². The molecule has 8 N–H and O–H groups in total. The van der Waals surface area contributed by atoms with Gasteiger partial charge in [0.05, 0.1) is 31.1 Å². The molecule has 2 aliphatic heterocycles. The van der Waals surface area contributed by atoms with Crippen LogP contribution in [0.3, 0.4) is 0 Å². The highest BCUT2D eigenvalue weighted by Gasteiger charge is 2.41. The van der Waals surface area contributed by atoms with Crippen molar-refractivity contribution in [1.29, 1.82) is 5.41 Å². The minimum atomic E-state index is -4.38. The zero-order chi connectivity index (χ0) is 81.0. The molecule has 28 nitrogen and oxygen atoms in total. The number of carbonyl (C=O) groups excluding carboxylic acids is 8. The normalized spacial score (nSPS) is 16.0. The Morgan fingerprint density at radius 2 is 0.881 bits per heavy atom. The van der Waals surface area contributed by atoms with E-state index in [-0.39, 0.29) is 103 Å². The van der Waals surface area contributed by atoms with E-state index in [2.05, 4.69) is 31.3 Å². The molecule has 29 heteroatoms. The maximum absolute atomic E-state index is 15.2. The van der Waals surface area contributed by atoms with Crippen LogP contribution in [0.25, 0.3) is 0 Å². The highest BCUT2D eigenvalue weighted by atomic mass is 32.2. The van der Waals surface area contributed by atoms with Gasteiger partial charge in [-0.25, -0.2) is 17.9 Å². The maximum atomic E-state index is 15.2. The van der Waals surface area contributed by atoms with Crippen LogP contribution in [0.5, 0.6) is 5.75 Å². The molecule has 3 atom stereocenters. The number of guanidine groups is 1. The standard InChI is InChI=1S/C80H117N11O17S/c1-53-54(2)70(55(3)59-48-79(16,17)108-69(53)59)109(102,103)87-74(81)82-39-27-34-60(83-64(93)49-88-40-42-89(50-66(95)105-76(7,8)9)44-46-91(52-68(97)107-78(13,14)15)47-45-90(43-41-88)51-67(96)106-77(10,11)12)71(98)84-61(36-38-65(94)104-75(4,5)6)72(99)85-62(73(100)101)35-37-63(92)86-80(56-28-21-18-22-29-56,57-30-23-19-24-31-57)58-32-25-20-26-33-58/h18-26,28-33,60-62H,27,34-52H2,1-17H3,(H,83,93)(H,84,98)(H,85,99)(H,86,92)(H,100,101)(H3,81,82,87)/t60-,61-,62-/m0/s1. The number of ether oxygens (including phenoxy) is 5. The first kappa shape index (κ1) is 88.9. The monoisotopic (exact) mass is 1540 g/mol.